The van der Waals surface area contributed by atoms with Gasteiger partial charge in [0.25, 0.3) is 0 Å². The molecular formula is C25H35NaO4S. The molecule has 4 nitrogen and oxygen atoms in total. The first-order valence-corrected chi connectivity index (χ1v) is 12.7. The van der Waals surface area contributed by atoms with Crippen LogP contribution < -0.4 is 34.3 Å². The fourth-order valence-electron chi connectivity index (χ4n) is 3.60. The summed E-state index contributed by atoms with van der Waals surface area (Å²) in [5, 5.41) is 0. The third kappa shape index (κ3) is 11.5. The van der Waals surface area contributed by atoms with Crippen LogP contribution in [0.4, 0.5) is 0 Å². The Morgan fingerprint density at radius 3 is 1.87 bits per heavy atom. The second-order valence-corrected chi connectivity index (χ2v) is 9.30. The second kappa shape index (κ2) is 15.9. The first kappa shape index (κ1) is 28.2. The van der Waals surface area contributed by atoms with E-state index in [1.165, 1.54) is 69.9 Å². The molecule has 0 aliphatic carbocycles. The minimum atomic E-state index is -4.47. The number of aryl methyl sites for hydroxylation is 1. The predicted molar refractivity (Wildman–Crippen MR) is 121 cm³/mol. The van der Waals surface area contributed by atoms with Crippen molar-refractivity contribution in [3.63, 3.8) is 0 Å². The maximum absolute atomic E-state index is 11.4. The summed E-state index contributed by atoms with van der Waals surface area (Å²) in [6, 6.07) is 13.8. The van der Waals surface area contributed by atoms with Crippen molar-refractivity contribution in [1.29, 1.82) is 0 Å². The van der Waals surface area contributed by atoms with Crippen LogP contribution in [-0.4, -0.2) is 13.0 Å². The SMILES string of the molecule is CCCCCCCCCCCCCc1cc(S(=O)(=O)[O-])ccc1Oc1ccccc1.[Na+]. The first-order valence-electron chi connectivity index (χ1n) is 11.3. The molecule has 0 N–H and O–H groups in total. The van der Waals surface area contributed by atoms with Crippen LogP contribution in [0, 0.1) is 0 Å². The second-order valence-electron chi connectivity index (χ2n) is 7.92. The maximum atomic E-state index is 11.4. The van der Waals surface area contributed by atoms with Crippen LogP contribution in [-0.2, 0) is 16.5 Å². The van der Waals surface area contributed by atoms with Crippen molar-refractivity contribution in [3.05, 3.63) is 54.1 Å². The van der Waals surface area contributed by atoms with Gasteiger partial charge in [0, 0.05) is 0 Å². The number of rotatable bonds is 15. The molecule has 0 aliphatic rings. The van der Waals surface area contributed by atoms with Gasteiger partial charge in [0.2, 0.25) is 0 Å². The van der Waals surface area contributed by atoms with E-state index in [0.29, 0.717) is 17.9 Å². The minimum absolute atomic E-state index is 0. The zero-order valence-corrected chi connectivity index (χ0v) is 22.0. The topological polar surface area (TPSA) is 66.4 Å². The molecule has 0 radical (unpaired) electrons. The Morgan fingerprint density at radius 1 is 0.774 bits per heavy atom. The Bertz CT molecular complexity index is 838. The van der Waals surface area contributed by atoms with Gasteiger partial charge in [0.05, 0.1) is 4.90 Å². The van der Waals surface area contributed by atoms with E-state index in [1.807, 2.05) is 30.3 Å². The van der Waals surface area contributed by atoms with Crippen molar-refractivity contribution >= 4 is 10.1 Å². The monoisotopic (exact) mass is 454 g/mol. The van der Waals surface area contributed by atoms with Gasteiger partial charge in [0.15, 0.2) is 0 Å². The molecule has 2 aromatic rings. The van der Waals surface area contributed by atoms with Gasteiger partial charge in [-0.25, -0.2) is 8.42 Å². The molecule has 166 valence electrons. The molecule has 0 unspecified atom stereocenters. The Hall–Kier alpha value is -0.850. The molecule has 0 heterocycles. The molecule has 0 bridgehead atoms. The largest absolute Gasteiger partial charge is 1.00 e. The van der Waals surface area contributed by atoms with Crippen LogP contribution >= 0.6 is 0 Å². The number of benzene rings is 2. The van der Waals surface area contributed by atoms with Crippen LogP contribution in [0.25, 0.3) is 0 Å². The van der Waals surface area contributed by atoms with Crippen molar-refractivity contribution in [2.24, 2.45) is 0 Å². The van der Waals surface area contributed by atoms with Gasteiger partial charge in [-0.15, -0.1) is 0 Å². The number of para-hydroxylation sites is 1. The van der Waals surface area contributed by atoms with Crippen molar-refractivity contribution in [2.45, 2.75) is 88.9 Å². The summed E-state index contributed by atoms with van der Waals surface area (Å²) < 4.78 is 40.2. The smallest absolute Gasteiger partial charge is 0.744 e. The van der Waals surface area contributed by atoms with E-state index in [-0.39, 0.29) is 34.5 Å². The van der Waals surface area contributed by atoms with Crippen molar-refractivity contribution < 1.29 is 47.3 Å². The van der Waals surface area contributed by atoms with Gasteiger partial charge >= 0.3 is 29.6 Å². The average Bonchev–Trinajstić information content (AvgIpc) is 2.73. The van der Waals surface area contributed by atoms with E-state index in [1.54, 1.807) is 6.07 Å². The van der Waals surface area contributed by atoms with Gasteiger partial charge < -0.3 is 9.29 Å². The van der Waals surface area contributed by atoms with Gasteiger partial charge in [-0.1, -0.05) is 89.3 Å². The Morgan fingerprint density at radius 2 is 1.32 bits per heavy atom. The Kier molecular flexibility index (Phi) is 14.4. The fourth-order valence-corrected chi connectivity index (χ4v) is 4.12. The molecule has 0 spiro atoms. The maximum Gasteiger partial charge on any atom is 1.00 e. The molecule has 2 rings (SSSR count). The molecule has 0 aliphatic heterocycles. The molecule has 6 heteroatoms. The summed E-state index contributed by atoms with van der Waals surface area (Å²) in [4.78, 5) is -0.194. The summed E-state index contributed by atoms with van der Waals surface area (Å²) in [5.74, 6) is 1.30. The number of unbranched alkanes of at least 4 members (excludes halogenated alkanes) is 10. The fraction of sp³-hybridized carbons (Fsp3) is 0.520. The Labute approximate surface area is 210 Å². The third-order valence-electron chi connectivity index (χ3n) is 5.34. The average molecular weight is 455 g/mol. The molecule has 0 amide bonds. The van der Waals surface area contributed by atoms with Crippen molar-refractivity contribution in [1.82, 2.24) is 0 Å². The van der Waals surface area contributed by atoms with E-state index in [9.17, 15) is 13.0 Å². The number of ether oxygens (including phenoxy) is 1. The zero-order valence-electron chi connectivity index (χ0n) is 19.1. The van der Waals surface area contributed by atoms with Crippen LogP contribution in [0.15, 0.2) is 53.4 Å². The number of hydrogen-bond acceptors (Lipinski definition) is 4. The molecule has 0 atom stereocenters. The molecule has 0 saturated carbocycles. The standard InChI is InChI=1S/C25H36O4S.Na/c1-2-3-4-5-6-7-8-9-10-11-13-16-22-21-24(30(26,27)28)19-20-25(22)29-23-17-14-12-15-18-23;/h12,14-15,17-21H,2-11,13,16H2,1H3,(H,26,27,28);/q;+1/p-1. The van der Waals surface area contributed by atoms with E-state index >= 15 is 0 Å². The molecule has 2 aromatic carbocycles. The van der Waals surface area contributed by atoms with Crippen molar-refractivity contribution in [2.75, 3.05) is 0 Å². The minimum Gasteiger partial charge on any atom is -0.744 e. The Balaban J connectivity index is 0.00000480. The molecule has 0 aromatic heterocycles. The summed E-state index contributed by atoms with van der Waals surface area (Å²) in [6.07, 6.45) is 14.5. The van der Waals surface area contributed by atoms with Gasteiger partial charge in [-0.2, -0.15) is 0 Å². The van der Waals surface area contributed by atoms with Crippen LogP contribution in [0.2, 0.25) is 0 Å². The van der Waals surface area contributed by atoms with E-state index in [0.717, 1.165) is 18.4 Å². The van der Waals surface area contributed by atoms with Crippen LogP contribution in [0.5, 0.6) is 11.5 Å². The van der Waals surface area contributed by atoms with Crippen molar-refractivity contribution in [3.8, 4) is 11.5 Å². The summed E-state index contributed by atoms with van der Waals surface area (Å²) in [7, 11) is -4.47. The molecule has 0 saturated heterocycles. The van der Waals surface area contributed by atoms with Gasteiger partial charge in [-0.3, -0.25) is 0 Å². The predicted octanol–water partition coefficient (Wildman–Crippen LogP) is 4.24. The zero-order chi connectivity index (χ0) is 21.7. The quantitative estimate of drug-likeness (QED) is 0.229. The van der Waals surface area contributed by atoms with Gasteiger partial charge in [0.1, 0.15) is 21.6 Å². The summed E-state index contributed by atoms with van der Waals surface area (Å²) >= 11 is 0. The summed E-state index contributed by atoms with van der Waals surface area (Å²) in [5.41, 5.74) is 0.770. The first-order chi connectivity index (χ1) is 14.5. The van der Waals surface area contributed by atoms with Crippen LogP contribution in [0.1, 0.15) is 83.1 Å². The third-order valence-corrected chi connectivity index (χ3v) is 6.17. The number of hydrogen-bond donors (Lipinski definition) is 0. The summed E-state index contributed by atoms with van der Waals surface area (Å²) in [6.45, 7) is 2.24. The van der Waals surface area contributed by atoms with Crippen LogP contribution in [0.3, 0.4) is 0 Å². The van der Waals surface area contributed by atoms with E-state index < -0.39 is 10.1 Å². The molecule has 0 fully saturated rings. The molecular weight excluding hydrogens is 419 g/mol. The molecule has 31 heavy (non-hydrogen) atoms. The normalized spacial score (nSPS) is 11.2. The van der Waals surface area contributed by atoms with E-state index in [4.69, 9.17) is 4.74 Å². The van der Waals surface area contributed by atoms with E-state index in [2.05, 4.69) is 6.92 Å². The van der Waals surface area contributed by atoms with Gasteiger partial charge in [-0.05, 0) is 48.7 Å².